The van der Waals surface area contributed by atoms with Crippen LogP contribution in [0.15, 0.2) is 47.4 Å². The number of anilines is 1. The summed E-state index contributed by atoms with van der Waals surface area (Å²) in [5.41, 5.74) is 1.14. The van der Waals surface area contributed by atoms with E-state index in [-0.39, 0.29) is 16.4 Å². The van der Waals surface area contributed by atoms with Crippen LogP contribution in [-0.2, 0) is 10.0 Å². The predicted octanol–water partition coefficient (Wildman–Crippen LogP) is 3.81. The molecule has 1 saturated heterocycles. The van der Waals surface area contributed by atoms with Crippen LogP contribution < -0.4 is 4.72 Å². The van der Waals surface area contributed by atoms with Crippen LogP contribution in [0.25, 0.3) is 0 Å². The average Bonchev–Trinajstić information content (AvgIpc) is 2.63. The second-order valence-corrected chi connectivity index (χ2v) is 8.77. The Balaban J connectivity index is 1.73. The molecule has 1 fully saturated rings. The van der Waals surface area contributed by atoms with Crippen LogP contribution in [0.3, 0.4) is 0 Å². The molecule has 2 aromatic rings. The third kappa shape index (κ3) is 4.47. The quantitative estimate of drug-likeness (QED) is 0.863. The number of nitrogens with one attached hydrogen (secondary N) is 1. The Morgan fingerprint density at radius 2 is 1.89 bits per heavy atom. The Bertz CT molecular complexity index is 942. The van der Waals surface area contributed by atoms with Crippen molar-refractivity contribution < 1.29 is 17.6 Å². The number of rotatable bonds is 4. The van der Waals surface area contributed by atoms with Crippen molar-refractivity contribution in [3.05, 3.63) is 59.4 Å². The zero-order valence-electron chi connectivity index (χ0n) is 15.4. The lowest BCUT2D eigenvalue weighted by Crippen LogP contribution is -2.39. The van der Waals surface area contributed by atoms with Crippen molar-refractivity contribution >= 4 is 21.6 Å². The first-order valence-corrected chi connectivity index (χ1v) is 10.4. The maximum absolute atomic E-state index is 13.4. The minimum absolute atomic E-state index is 0.0103. The number of hydrogen-bond acceptors (Lipinski definition) is 3. The van der Waals surface area contributed by atoms with Crippen LogP contribution in [0.5, 0.6) is 0 Å². The highest BCUT2D eigenvalue weighted by atomic mass is 32.2. The van der Waals surface area contributed by atoms with Gasteiger partial charge in [-0.05, 0) is 73.7 Å². The molecule has 0 aromatic heterocycles. The summed E-state index contributed by atoms with van der Waals surface area (Å²) in [5.74, 6) is 0.00177. The minimum Gasteiger partial charge on any atom is -0.338 e. The van der Waals surface area contributed by atoms with Gasteiger partial charge in [0, 0.05) is 24.3 Å². The average molecular weight is 390 g/mol. The zero-order valence-corrected chi connectivity index (χ0v) is 16.2. The summed E-state index contributed by atoms with van der Waals surface area (Å²) in [4.78, 5) is 14.4. The highest BCUT2D eigenvalue weighted by Gasteiger charge is 2.22. The number of hydrogen-bond donors (Lipinski definition) is 1. The first-order chi connectivity index (χ1) is 12.8. The fourth-order valence-electron chi connectivity index (χ4n) is 3.24. The van der Waals surface area contributed by atoms with Crippen molar-refractivity contribution in [3.63, 3.8) is 0 Å². The molecule has 144 valence electrons. The molecule has 0 bridgehead atoms. The monoisotopic (exact) mass is 390 g/mol. The lowest BCUT2D eigenvalue weighted by atomic mass is 9.99. The van der Waals surface area contributed by atoms with Gasteiger partial charge in [-0.15, -0.1) is 0 Å². The van der Waals surface area contributed by atoms with Gasteiger partial charge in [-0.1, -0.05) is 6.92 Å². The molecule has 1 heterocycles. The van der Waals surface area contributed by atoms with E-state index in [1.54, 1.807) is 24.3 Å². The summed E-state index contributed by atoms with van der Waals surface area (Å²) in [7, 11) is -3.83. The van der Waals surface area contributed by atoms with Crippen molar-refractivity contribution in [2.24, 2.45) is 5.92 Å². The topological polar surface area (TPSA) is 66.5 Å². The largest absolute Gasteiger partial charge is 0.338 e. The third-order valence-electron chi connectivity index (χ3n) is 4.77. The molecule has 1 atom stereocenters. The molecule has 7 heteroatoms. The van der Waals surface area contributed by atoms with Gasteiger partial charge in [-0.3, -0.25) is 9.52 Å². The van der Waals surface area contributed by atoms with Crippen LogP contribution in [0.2, 0.25) is 0 Å². The first kappa shape index (κ1) is 19.4. The van der Waals surface area contributed by atoms with E-state index in [2.05, 4.69) is 11.6 Å². The molecule has 1 aliphatic rings. The molecule has 0 spiro atoms. The second-order valence-electron chi connectivity index (χ2n) is 7.09. The third-order valence-corrected chi connectivity index (χ3v) is 6.15. The van der Waals surface area contributed by atoms with Gasteiger partial charge in [0.25, 0.3) is 15.9 Å². The summed E-state index contributed by atoms with van der Waals surface area (Å²) in [6.07, 6.45) is 2.13. The number of halogens is 1. The van der Waals surface area contributed by atoms with Crippen molar-refractivity contribution in [1.29, 1.82) is 0 Å². The number of carbonyl (C=O) groups excluding carboxylic acids is 1. The lowest BCUT2D eigenvalue weighted by Gasteiger charge is -2.31. The summed E-state index contributed by atoms with van der Waals surface area (Å²) >= 11 is 0. The van der Waals surface area contributed by atoms with Crippen LogP contribution in [0.4, 0.5) is 10.1 Å². The van der Waals surface area contributed by atoms with E-state index >= 15 is 0 Å². The van der Waals surface area contributed by atoms with Gasteiger partial charge in [0.1, 0.15) is 5.82 Å². The first-order valence-electron chi connectivity index (χ1n) is 8.94. The van der Waals surface area contributed by atoms with E-state index in [1.165, 1.54) is 19.1 Å². The van der Waals surface area contributed by atoms with Gasteiger partial charge in [0.05, 0.1) is 4.90 Å². The number of aryl methyl sites for hydroxylation is 1. The van der Waals surface area contributed by atoms with Gasteiger partial charge < -0.3 is 4.90 Å². The molecular weight excluding hydrogens is 367 g/mol. The summed E-state index contributed by atoms with van der Waals surface area (Å²) in [6.45, 7) is 5.14. The van der Waals surface area contributed by atoms with E-state index in [9.17, 15) is 17.6 Å². The molecule has 0 aliphatic carbocycles. The molecule has 27 heavy (non-hydrogen) atoms. The van der Waals surface area contributed by atoms with Crippen LogP contribution >= 0.6 is 0 Å². The number of benzene rings is 2. The molecule has 3 rings (SSSR count). The van der Waals surface area contributed by atoms with Crippen LogP contribution in [-0.4, -0.2) is 32.3 Å². The second kappa shape index (κ2) is 7.68. The molecule has 5 nitrogen and oxygen atoms in total. The molecule has 0 radical (unpaired) electrons. The molecule has 1 aliphatic heterocycles. The number of likely N-dealkylation sites (tertiary alicyclic amines) is 1. The minimum atomic E-state index is -3.83. The Hall–Kier alpha value is -2.41. The van der Waals surface area contributed by atoms with E-state index in [0.717, 1.165) is 32.0 Å². The van der Waals surface area contributed by atoms with Crippen molar-refractivity contribution in [3.8, 4) is 0 Å². The van der Waals surface area contributed by atoms with Crippen LogP contribution in [0.1, 0.15) is 35.7 Å². The van der Waals surface area contributed by atoms with E-state index in [4.69, 9.17) is 0 Å². The van der Waals surface area contributed by atoms with Crippen molar-refractivity contribution in [2.75, 3.05) is 17.8 Å². The normalized spacial score (nSPS) is 17.6. The fraction of sp³-hybridized carbons (Fsp3) is 0.350. The van der Waals surface area contributed by atoms with Gasteiger partial charge in [-0.25, -0.2) is 12.8 Å². The SMILES string of the molecule is Cc1cc(S(=O)(=O)Nc2ccc(C(=O)N3CCCC(C)C3)cc2)ccc1F. The fourth-order valence-corrected chi connectivity index (χ4v) is 4.38. The van der Waals surface area contributed by atoms with Gasteiger partial charge >= 0.3 is 0 Å². The summed E-state index contributed by atoms with van der Waals surface area (Å²) in [6, 6.07) is 10.0. The van der Waals surface area contributed by atoms with E-state index in [1.807, 2.05) is 4.90 Å². The Kier molecular flexibility index (Phi) is 5.51. The highest BCUT2D eigenvalue weighted by molar-refractivity contribution is 7.92. The van der Waals surface area contributed by atoms with E-state index < -0.39 is 15.8 Å². The number of nitrogens with zero attached hydrogens (tertiary/aromatic N) is 1. The van der Waals surface area contributed by atoms with Crippen LogP contribution in [0, 0.1) is 18.7 Å². The number of sulfonamides is 1. The zero-order chi connectivity index (χ0) is 19.6. The molecular formula is C20H23FN2O3S. The predicted molar refractivity (Wildman–Crippen MR) is 103 cm³/mol. The molecule has 1 unspecified atom stereocenters. The molecule has 2 aromatic carbocycles. The Labute approximate surface area is 159 Å². The Morgan fingerprint density at radius 3 is 2.52 bits per heavy atom. The summed E-state index contributed by atoms with van der Waals surface area (Å²) < 4.78 is 40.7. The standard InChI is InChI=1S/C20H23FN2O3S/c1-14-4-3-11-23(13-14)20(24)16-5-7-17(8-6-16)22-27(25,26)18-9-10-19(21)15(2)12-18/h5-10,12,14,22H,3-4,11,13H2,1-2H3. The van der Waals surface area contributed by atoms with Crippen molar-refractivity contribution in [1.82, 2.24) is 4.90 Å². The molecule has 0 saturated carbocycles. The highest BCUT2D eigenvalue weighted by Crippen LogP contribution is 2.21. The summed E-state index contributed by atoms with van der Waals surface area (Å²) in [5, 5.41) is 0. The maximum Gasteiger partial charge on any atom is 0.261 e. The number of amides is 1. The molecule has 1 amide bonds. The number of piperidine rings is 1. The number of carbonyl (C=O) groups is 1. The maximum atomic E-state index is 13.4. The smallest absolute Gasteiger partial charge is 0.261 e. The van der Waals surface area contributed by atoms with Crippen molar-refractivity contribution in [2.45, 2.75) is 31.6 Å². The van der Waals surface area contributed by atoms with Gasteiger partial charge in [-0.2, -0.15) is 0 Å². The van der Waals surface area contributed by atoms with Gasteiger partial charge in [0.15, 0.2) is 0 Å². The van der Waals surface area contributed by atoms with E-state index in [0.29, 0.717) is 17.2 Å². The van der Waals surface area contributed by atoms with Gasteiger partial charge in [0.2, 0.25) is 0 Å². The molecule has 1 N–H and O–H groups in total. The lowest BCUT2D eigenvalue weighted by molar-refractivity contribution is 0.0683. The Morgan fingerprint density at radius 1 is 1.19 bits per heavy atom.